The maximum Gasteiger partial charge on any atom is 0.0455 e. The monoisotopic (exact) mass is 216 g/mol. The number of likely N-dealkylation sites (N-methyl/N-ethyl adjacent to an activating group) is 1. The highest BCUT2D eigenvalue weighted by atomic mass is 15.2. The predicted octanol–water partition coefficient (Wildman–Crippen LogP) is 2.05. The summed E-state index contributed by atoms with van der Waals surface area (Å²) in [6.07, 6.45) is 4.08. The molecule has 1 fully saturated rings. The van der Waals surface area contributed by atoms with Crippen LogP contribution in [0.4, 0.5) is 5.69 Å². The number of nitrogens with one attached hydrogen (secondary N) is 1. The normalized spacial score (nSPS) is 23.6. The first kappa shape index (κ1) is 10.2. The van der Waals surface area contributed by atoms with Gasteiger partial charge >= 0.3 is 0 Å². The highest BCUT2D eigenvalue weighted by molar-refractivity contribution is 5.59. The van der Waals surface area contributed by atoms with Gasteiger partial charge in [0.25, 0.3) is 0 Å². The second-order valence-corrected chi connectivity index (χ2v) is 5.14. The third kappa shape index (κ3) is 1.82. The zero-order valence-electron chi connectivity index (χ0n) is 9.95. The lowest BCUT2D eigenvalue weighted by Crippen LogP contribution is -2.40. The van der Waals surface area contributed by atoms with Gasteiger partial charge in [-0.3, -0.25) is 0 Å². The SMILES string of the molecule is CNCC1Cc2ccccc2N1CC1CC1. The average molecular weight is 216 g/mol. The molecule has 2 heteroatoms. The molecule has 0 saturated heterocycles. The number of hydrogen-bond donors (Lipinski definition) is 1. The van der Waals surface area contributed by atoms with Crippen molar-refractivity contribution >= 4 is 5.69 Å². The molecule has 1 aromatic carbocycles. The molecule has 0 amide bonds. The summed E-state index contributed by atoms with van der Waals surface area (Å²) in [5, 5.41) is 3.33. The van der Waals surface area contributed by atoms with Crippen molar-refractivity contribution in [3.63, 3.8) is 0 Å². The quantitative estimate of drug-likeness (QED) is 0.828. The first-order chi connectivity index (χ1) is 7.88. The van der Waals surface area contributed by atoms with E-state index in [2.05, 4.69) is 41.5 Å². The van der Waals surface area contributed by atoms with E-state index in [4.69, 9.17) is 0 Å². The molecule has 1 aliphatic carbocycles. The van der Waals surface area contributed by atoms with Crippen molar-refractivity contribution in [3.8, 4) is 0 Å². The van der Waals surface area contributed by atoms with E-state index < -0.39 is 0 Å². The van der Waals surface area contributed by atoms with E-state index >= 15 is 0 Å². The van der Waals surface area contributed by atoms with Gasteiger partial charge in [0.05, 0.1) is 0 Å². The summed E-state index contributed by atoms with van der Waals surface area (Å²) in [6, 6.07) is 9.57. The third-order valence-electron chi connectivity index (χ3n) is 3.79. The van der Waals surface area contributed by atoms with E-state index in [9.17, 15) is 0 Å². The molecule has 1 saturated carbocycles. The highest BCUT2D eigenvalue weighted by Crippen LogP contribution is 2.37. The molecule has 1 aliphatic heterocycles. The van der Waals surface area contributed by atoms with Crippen LogP contribution in [-0.2, 0) is 6.42 Å². The van der Waals surface area contributed by atoms with Gasteiger partial charge in [-0.2, -0.15) is 0 Å². The lowest BCUT2D eigenvalue weighted by atomic mass is 10.1. The molecule has 1 atom stereocenters. The van der Waals surface area contributed by atoms with E-state index in [1.165, 1.54) is 37.1 Å². The fourth-order valence-corrected chi connectivity index (χ4v) is 2.77. The maximum absolute atomic E-state index is 3.33. The molecule has 2 nitrogen and oxygen atoms in total. The van der Waals surface area contributed by atoms with Crippen LogP contribution in [0, 0.1) is 5.92 Å². The van der Waals surface area contributed by atoms with Gasteiger partial charge in [0.1, 0.15) is 0 Å². The first-order valence-electron chi connectivity index (χ1n) is 6.37. The number of nitrogens with zero attached hydrogens (tertiary/aromatic N) is 1. The Hall–Kier alpha value is -1.02. The van der Waals surface area contributed by atoms with Crippen molar-refractivity contribution in [2.24, 2.45) is 5.92 Å². The van der Waals surface area contributed by atoms with Crippen LogP contribution < -0.4 is 10.2 Å². The van der Waals surface area contributed by atoms with Gasteiger partial charge in [-0.25, -0.2) is 0 Å². The Morgan fingerprint density at radius 2 is 2.12 bits per heavy atom. The van der Waals surface area contributed by atoms with E-state index in [-0.39, 0.29) is 0 Å². The van der Waals surface area contributed by atoms with Gasteiger partial charge in [0, 0.05) is 24.8 Å². The molecule has 2 aliphatic rings. The van der Waals surface area contributed by atoms with Crippen molar-refractivity contribution in [1.82, 2.24) is 5.32 Å². The van der Waals surface area contributed by atoms with Crippen LogP contribution in [0.3, 0.4) is 0 Å². The topological polar surface area (TPSA) is 15.3 Å². The number of rotatable bonds is 4. The van der Waals surface area contributed by atoms with Gasteiger partial charge in [0.2, 0.25) is 0 Å². The molecule has 1 N–H and O–H groups in total. The van der Waals surface area contributed by atoms with Crippen molar-refractivity contribution in [2.45, 2.75) is 25.3 Å². The standard InChI is InChI=1S/C14H20N2/c1-15-9-13-8-12-4-2-3-5-14(12)16(13)10-11-6-7-11/h2-5,11,13,15H,6-10H2,1H3. The number of para-hydroxylation sites is 1. The number of hydrogen-bond acceptors (Lipinski definition) is 2. The van der Waals surface area contributed by atoms with Crippen LogP contribution in [0.25, 0.3) is 0 Å². The van der Waals surface area contributed by atoms with E-state index in [0.29, 0.717) is 6.04 Å². The van der Waals surface area contributed by atoms with Crippen molar-refractivity contribution in [3.05, 3.63) is 29.8 Å². The van der Waals surface area contributed by atoms with Crippen LogP contribution in [0.1, 0.15) is 18.4 Å². The van der Waals surface area contributed by atoms with Crippen molar-refractivity contribution in [2.75, 3.05) is 25.0 Å². The Morgan fingerprint density at radius 1 is 1.31 bits per heavy atom. The summed E-state index contributed by atoms with van der Waals surface area (Å²) >= 11 is 0. The van der Waals surface area contributed by atoms with Crippen LogP contribution in [-0.4, -0.2) is 26.2 Å². The fourth-order valence-electron chi connectivity index (χ4n) is 2.77. The Bertz CT molecular complexity index is 371. The molecule has 0 aromatic heterocycles. The Balaban J connectivity index is 1.83. The molecular weight excluding hydrogens is 196 g/mol. The molecular formula is C14H20N2. The molecule has 1 aromatic rings. The van der Waals surface area contributed by atoms with Gasteiger partial charge < -0.3 is 10.2 Å². The van der Waals surface area contributed by atoms with Crippen molar-refractivity contribution in [1.29, 1.82) is 0 Å². The molecule has 1 heterocycles. The Kier molecular flexibility index (Phi) is 2.60. The lowest BCUT2D eigenvalue weighted by molar-refractivity contribution is 0.568. The molecule has 0 radical (unpaired) electrons. The van der Waals surface area contributed by atoms with Gasteiger partial charge in [-0.15, -0.1) is 0 Å². The summed E-state index contributed by atoms with van der Waals surface area (Å²) in [6.45, 7) is 2.37. The minimum atomic E-state index is 0.669. The molecule has 16 heavy (non-hydrogen) atoms. The maximum atomic E-state index is 3.33. The average Bonchev–Trinajstić information content (AvgIpc) is 3.04. The largest absolute Gasteiger partial charge is 0.366 e. The third-order valence-corrected chi connectivity index (χ3v) is 3.79. The van der Waals surface area contributed by atoms with Crippen LogP contribution in [0.2, 0.25) is 0 Å². The molecule has 0 bridgehead atoms. The lowest BCUT2D eigenvalue weighted by Gasteiger charge is -2.27. The Morgan fingerprint density at radius 3 is 2.88 bits per heavy atom. The van der Waals surface area contributed by atoms with Gasteiger partial charge in [-0.1, -0.05) is 18.2 Å². The van der Waals surface area contributed by atoms with Crippen LogP contribution in [0.5, 0.6) is 0 Å². The summed E-state index contributed by atoms with van der Waals surface area (Å²) in [7, 11) is 2.05. The summed E-state index contributed by atoms with van der Waals surface area (Å²) in [5.74, 6) is 0.963. The summed E-state index contributed by atoms with van der Waals surface area (Å²) < 4.78 is 0. The minimum absolute atomic E-state index is 0.669. The van der Waals surface area contributed by atoms with Gasteiger partial charge in [-0.05, 0) is 43.9 Å². The van der Waals surface area contributed by atoms with E-state index in [1.807, 2.05) is 0 Å². The highest BCUT2D eigenvalue weighted by Gasteiger charge is 2.33. The first-order valence-corrected chi connectivity index (χ1v) is 6.37. The second kappa shape index (κ2) is 4.10. The van der Waals surface area contributed by atoms with E-state index in [1.54, 1.807) is 0 Å². The zero-order chi connectivity index (χ0) is 11.0. The molecule has 1 unspecified atom stereocenters. The van der Waals surface area contributed by atoms with Crippen LogP contribution in [0.15, 0.2) is 24.3 Å². The number of benzene rings is 1. The molecule has 86 valence electrons. The summed E-state index contributed by atoms with van der Waals surface area (Å²) in [4.78, 5) is 2.63. The van der Waals surface area contributed by atoms with Crippen molar-refractivity contribution < 1.29 is 0 Å². The minimum Gasteiger partial charge on any atom is -0.366 e. The fraction of sp³-hybridized carbons (Fsp3) is 0.571. The second-order valence-electron chi connectivity index (χ2n) is 5.14. The molecule has 0 spiro atoms. The van der Waals surface area contributed by atoms with Gasteiger partial charge in [0.15, 0.2) is 0 Å². The zero-order valence-corrected chi connectivity index (χ0v) is 9.95. The molecule has 3 rings (SSSR count). The van der Waals surface area contributed by atoms with Crippen LogP contribution >= 0.6 is 0 Å². The van der Waals surface area contributed by atoms with E-state index in [0.717, 1.165) is 12.5 Å². The predicted molar refractivity (Wildman–Crippen MR) is 67.9 cm³/mol. The smallest absolute Gasteiger partial charge is 0.0455 e. The number of anilines is 1. The number of fused-ring (bicyclic) bond motifs is 1. The summed E-state index contributed by atoms with van der Waals surface area (Å²) in [5.41, 5.74) is 3.01. The Labute approximate surface area is 97.6 Å².